The van der Waals surface area contributed by atoms with E-state index in [4.69, 9.17) is 4.74 Å². The number of ether oxygens (including phenoxy) is 1. The summed E-state index contributed by atoms with van der Waals surface area (Å²) in [4.78, 5) is 0. The van der Waals surface area contributed by atoms with Gasteiger partial charge in [0.25, 0.3) is 0 Å². The average molecular weight is 101 g/mol. The third kappa shape index (κ3) is 5.34. The van der Waals surface area contributed by atoms with Crippen LogP contribution in [0.3, 0.4) is 0 Å². The Hall–Kier alpha value is -0.660. The molecule has 0 bridgehead atoms. The molecule has 0 saturated carbocycles. The zero-order valence-corrected chi connectivity index (χ0v) is 4.77. The largest absolute Gasteiger partial charge is 0.500 e. The molecule has 42 valence electrons. The van der Waals surface area contributed by atoms with E-state index in [0.29, 0.717) is 0 Å². The molecule has 0 fully saturated rings. The lowest BCUT2D eigenvalue weighted by Crippen LogP contribution is -1.91. The van der Waals surface area contributed by atoms with Crippen LogP contribution >= 0.6 is 0 Å². The highest BCUT2D eigenvalue weighted by Gasteiger charge is 1.63. The van der Waals surface area contributed by atoms with Gasteiger partial charge in [0.2, 0.25) is 0 Å². The molecular weight excluding hydrogens is 90.1 g/mol. The Morgan fingerprint density at radius 2 is 2.43 bits per heavy atom. The second-order valence-electron chi connectivity index (χ2n) is 1.05. The van der Waals surface area contributed by atoms with Crippen molar-refractivity contribution < 1.29 is 4.74 Å². The van der Waals surface area contributed by atoms with Gasteiger partial charge in [-0.15, -0.1) is 0 Å². The van der Waals surface area contributed by atoms with Crippen molar-refractivity contribution in [3.8, 4) is 0 Å². The lowest BCUT2D eigenvalue weighted by atomic mass is 10.8. The van der Waals surface area contributed by atoms with Gasteiger partial charge in [-0.25, -0.2) is 0 Å². The first-order chi connectivity index (χ1) is 3.41. The van der Waals surface area contributed by atoms with Crippen molar-refractivity contribution in [2.24, 2.45) is 0 Å². The summed E-state index contributed by atoms with van der Waals surface area (Å²) in [5.74, 6) is 0. The van der Waals surface area contributed by atoms with Gasteiger partial charge in [-0.3, -0.25) is 0 Å². The molecular formula is C5H11NO. The van der Waals surface area contributed by atoms with Crippen molar-refractivity contribution in [1.82, 2.24) is 5.32 Å². The maximum Gasteiger partial charge on any atom is 0.0985 e. The molecule has 7 heavy (non-hydrogen) atoms. The molecule has 0 heterocycles. The van der Waals surface area contributed by atoms with Gasteiger partial charge in [0, 0.05) is 13.2 Å². The minimum atomic E-state index is 0.734. The predicted molar refractivity (Wildman–Crippen MR) is 29.8 cm³/mol. The highest BCUT2D eigenvalue weighted by Crippen LogP contribution is 1.70. The lowest BCUT2D eigenvalue weighted by molar-refractivity contribution is 0.267. The lowest BCUT2D eigenvalue weighted by Gasteiger charge is -1.89. The van der Waals surface area contributed by atoms with Crippen LogP contribution in [0.25, 0.3) is 0 Å². The Morgan fingerprint density at radius 1 is 1.71 bits per heavy atom. The van der Waals surface area contributed by atoms with Crippen LogP contribution in [0.2, 0.25) is 0 Å². The molecule has 0 spiro atoms. The van der Waals surface area contributed by atoms with E-state index in [-0.39, 0.29) is 0 Å². The minimum absolute atomic E-state index is 0.734. The van der Waals surface area contributed by atoms with Gasteiger partial charge >= 0.3 is 0 Å². The van der Waals surface area contributed by atoms with E-state index in [1.54, 1.807) is 12.5 Å². The van der Waals surface area contributed by atoms with E-state index in [9.17, 15) is 0 Å². The van der Waals surface area contributed by atoms with Gasteiger partial charge in [0.1, 0.15) is 0 Å². The number of rotatable bonds is 3. The molecule has 0 aliphatic carbocycles. The van der Waals surface area contributed by atoms with Gasteiger partial charge < -0.3 is 10.1 Å². The normalized spacial score (nSPS) is 9.43. The Kier molecular flexibility index (Phi) is 4.84. The molecule has 0 atom stereocenters. The van der Waals surface area contributed by atoms with Gasteiger partial charge in [0.15, 0.2) is 0 Å². The fourth-order valence-corrected chi connectivity index (χ4v) is 0.212. The summed E-state index contributed by atoms with van der Waals surface area (Å²) in [7, 11) is 1.83. The van der Waals surface area contributed by atoms with Crippen molar-refractivity contribution >= 4 is 0 Å². The van der Waals surface area contributed by atoms with Gasteiger partial charge in [-0.1, -0.05) is 0 Å². The predicted octanol–water partition coefficient (Wildman–Crippen LogP) is 0.714. The summed E-state index contributed by atoms with van der Waals surface area (Å²) < 4.78 is 4.83. The molecule has 0 radical (unpaired) electrons. The van der Waals surface area contributed by atoms with E-state index in [0.717, 1.165) is 6.61 Å². The van der Waals surface area contributed by atoms with E-state index in [2.05, 4.69) is 5.32 Å². The molecule has 0 aliphatic heterocycles. The molecule has 0 aromatic carbocycles. The average Bonchev–Trinajstić information content (AvgIpc) is 1.69. The standard InChI is InChI=1S/C5H11NO/c1-3-7-5-4-6-2/h4-6H,3H2,1-2H3/b5-4-. The van der Waals surface area contributed by atoms with Crippen molar-refractivity contribution in [3.05, 3.63) is 12.5 Å². The fraction of sp³-hybridized carbons (Fsp3) is 0.600. The number of hydrogen-bond acceptors (Lipinski definition) is 2. The van der Waals surface area contributed by atoms with Crippen LogP contribution < -0.4 is 5.32 Å². The molecule has 2 heteroatoms. The topological polar surface area (TPSA) is 21.3 Å². The summed E-state index contributed by atoms with van der Waals surface area (Å²) in [5, 5.41) is 2.80. The molecule has 0 aliphatic rings. The molecule has 0 amide bonds. The molecule has 0 rings (SSSR count). The van der Waals surface area contributed by atoms with Crippen molar-refractivity contribution in [2.45, 2.75) is 6.92 Å². The van der Waals surface area contributed by atoms with Crippen LogP contribution in [0.1, 0.15) is 6.92 Å². The monoisotopic (exact) mass is 101 g/mol. The molecule has 0 unspecified atom stereocenters. The van der Waals surface area contributed by atoms with Crippen LogP contribution in [0, 0.1) is 0 Å². The van der Waals surface area contributed by atoms with Crippen LogP contribution in [-0.2, 0) is 4.74 Å². The van der Waals surface area contributed by atoms with Crippen molar-refractivity contribution in [1.29, 1.82) is 0 Å². The van der Waals surface area contributed by atoms with Crippen LogP contribution in [0.15, 0.2) is 12.5 Å². The van der Waals surface area contributed by atoms with E-state index in [1.165, 1.54) is 0 Å². The smallest absolute Gasteiger partial charge is 0.0985 e. The SMILES string of the molecule is CCO/C=C\NC. The van der Waals surface area contributed by atoms with Gasteiger partial charge in [-0.05, 0) is 6.92 Å². The van der Waals surface area contributed by atoms with E-state index < -0.39 is 0 Å². The molecule has 2 nitrogen and oxygen atoms in total. The first-order valence-electron chi connectivity index (χ1n) is 2.35. The molecule has 0 aromatic rings. The van der Waals surface area contributed by atoms with E-state index >= 15 is 0 Å². The third-order valence-electron chi connectivity index (χ3n) is 0.498. The Balaban J connectivity index is 2.78. The summed E-state index contributed by atoms with van der Waals surface area (Å²) in [6.45, 7) is 2.68. The number of hydrogen-bond donors (Lipinski definition) is 1. The summed E-state index contributed by atoms with van der Waals surface area (Å²) >= 11 is 0. The highest BCUT2D eigenvalue weighted by atomic mass is 16.5. The van der Waals surface area contributed by atoms with Crippen molar-refractivity contribution in [3.63, 3.8) is 0 Å². The fourth-order valence-electron chi connectivity index (χ4n) is 0.212. The molecule has 1 N–H and O–H groups in total. The maximum absolute atomic E-state index is 4.83. The second-order valence-corrected chi connectivity index (χ2v) is 1.05. The van der Waals surface area contributed by atoms with Gasteiger partial charge in [0.05, 0.1) is 12.9 Å². The summed E-state index contributed by atoms with van der Waals surface area (Å²) in [6, 6.07) is 0. The van der Waals surface area contributed by atoms with E-state index in [1.807, 2.05) is 14.0 Å². The Bertz CT molecular complexity index is 52.0. The third-order valence-corrected chi connectivity index (χ3v) is 0.498. The molecule has 0 aromatic heterocycles. The van der Waals surface area contributed by atoms with Crippen molar-refractivity contribution in [2.75, 3.05) is 13.7 Å². The van der Waals surface area contributed by atoms with Crippen LogP contribution in [0.4, 0.5) is 0 Å². The maximum atomic E-state index is 4.83. The summed E-state index contributed by atoms with van der Waals surface area (Å²) in [5.41, 5.74) is 0. The minimum Gasteiger partial charge on any atom is -0.500 e. The Labute approximate surface area is 44.2 Å². The van der Waals surface area contributed by atoms with Gasteiger partial charge in [-0.2, -0.15) is 0 Å². The molecule has 0 saturated heterocycles. The van der Waals surface area contributed by atoms with Crippen LogP contribution in [0.5, 0.6) is 0 Å². The first-order valence-corrected chi connectivity index (χ1v) is 2.35. The zero-order chi connectivity index (χ0) is 5.54. The number of nitrogens with one attached hydrogen (secondary N) is 1. The quantitative estimate of drug-likeness (QED) is 0.529. The highest BCUT2D eigenvalue weighted by molar-refractivity contribution is 4.66. The second kappa shape index (κ2) is 5.34. The Morgan fingerprint density at radius 3 is 2.86 bits per heavy atom. The zero-order valence-electron chi connectivity index (χ0n) is 4.77. The first kappa shape index (κ1) is 6.34. The van der Waals surface area contributed by atoms with Crippen LogP contribution in [-0.4, -0.2) is 13.7 Å². The summed E-state index contributed by atoms with van der Waals surface area (Å²) in [6.07, 6.45) is 3.36.